The third kappa shape index (κ3) is 3.67. The van der Waals surface area contributed by atoms with Gasteiger partial charge in [-0.3, -0.25) is 0 Å². The Labute approximate surface area is 79.7 Å². The molecule has 1 aromatic carbocycles. The van der Waals surface area contributed by atoms with Crippen molar-refractivity contribution < 1.29 is 4.39 Å². The number of rotatable bonds is 2. The largest absolute Gasteiger partial charge is 0.344 e. The standard InChI is InChI=1S/C8H8FI.H3N/c9-8-3-1-7(2-4-8)5-6-10;/h1-4H,5-6H2;1H3. The molecule has 0 spiro atoms. The fraction of sp³-hybridized carbons (Fsp3) is 0.250. The topological polar surface area (TPSA) is 35.0 Å². The summed E-state index contributed by atoms with van der Waals surface area (Å²) in [6.45, 7) is 0. The fourth-order valence-electron chi connectivity index (χ4n) is 0.760. The van der Waals surface area contributed by atoms with Gasteiger partial charge in [-0.2, -0.15) is 0 Å². The molecule has 1 aromatic rings. The Morgan fingerprint density at radius 2 is 1.73 bits per heavy atom. The minimum Gasteiger partial charge on any atom is -0.344 e. The van der Waals surface area contributed by atoms with Crippen LogP contribution in [0.5, 0.6) is 0 Å². The first-order valence-electron chi connectivity index (χ1n) is 3.13. The quantitative estimate of drug-likeness (QED) is 0.648. The van der Waals surface area contributed by atoms with Crippen molar-refractivity contribution in [3.05, 3.63) is 35.6 Å². The molecule has 3 N–H and O–H groups in total. The third-order valence-electron chi connectivity index (χ3n) is 1.30. The first-order valence-corrected chi connectivity index (χ1v) is 4.66. The predicted molar refractivity (Wildman–Crippen MR) is 54.0 cm³/mol. The maximum atomic E-state index is 12.3. The molecule has 0 heterocycles. The van der Waals surface area contributed by atoms with E-state index in [0.29, 0.717) is 0 Å². The molecule has 0 saturated heterocycles. The summed E-state index contributed by atoms with van der Waals surface area (Å²) in [6, 6.07) is 6.66. The Balaban J connectivity index is 0.000001000. The molecule has 11 heavy (non-hydrogen) atoms. The summed E-state index contributed by atoms with van der Waals surface area (Å²) in [7, 11) is 0. The molecule has 0 aliphatic heterocycles. The normalized spacial score (nSPS) is 8.91. The van der Waals surface area contributed by atoms with Gasteiger partial charge in [-0.05, 0) is 24.1 Å². The van der Waals surface area contributed by atoms with E-state index in [9.17, 15) is 4.39 Å². The minimum atomic E-state index is -0.155. The van der Waals surface area contributed by atoms with Gasteiger partial charge >= 0.3 is 0 Å². The van der Waals surface area contributed by atoms with Gasteiger partial charge in [-0.25, -0.2) is 4.39 Å². The number of benzene rings is 1. The molecule has 0 atom stereocenters. The van der Waals surface area contributed by atoms with E-state index in [1.54, 1.807) is 0 Å². The summed E-state index contributed by atoms with van der Waals surface area (Å²) in [4.78, 5) is 0. The molecule has 3 heteroatoms. The van der Waals surface area contributed by atoms with Crippen molar-refractivity contribution in [2.24, 2.45) is 0 Å². The first-order chi connectivity index (χ1) is 4.83. The zero-order valence-electron chi connectivity index (χ0n) is 6.19. The van der Waals surface area contributed by atoms with Crippen molar-refractivity contribution in [1.82, 2.24) is 6.15 Å². The van der Waals surface area contributed by atoms with Crippen LogP contribution in [0.15, 0.2) is 24.3 Å². The van der Waals surface area contributed by atoms with Crippen molar-refractivity contribution in [1.29, 1.82) is 0 Å². The van der Waals surface area contributed by atoms with Gasteiger partial charge in [-0.15, -0.1) is 0 Å². The van der Waals surface area contributed by atoms with Crippen LogP contribution in [-0.2, 0) is 6.42 Å². The van der Waals surface area contributed by atoms with Gasteiger partial charge < -0.3 is 6.15 Å². The molecule has 0 bridgehead atoms. The maximum absolute atomic E-state index is 12.3. The number of alkyl halides is 1. The highest BCUT2D eigenvalue weighted by atomic mass is 127. The van der Waals surface area contributed by atoms with E-state index in [1.165, 1.54) is 17.7 Å². The fourth-order valence-corrected chi connectivity index (χ4v) is 1.38. The summed E-state index contributed by atoms with van der Waals surface area (Å²) in [5.74, 6) is -0.155. The van der Waals surface area contributed by atoms with E-state index < -0.39 is 0 Å². The van der Waals surface area contributed by atoms with Crippen molar-refractivity contribution in [3.8, 4) is 0 Å². The minimum absolute atomic E-state index is 0. The monoisotopic (exact) mass is 267 g/mol. The Hall–Kier alpha value is -0.160. The average Bonchev–Trinajstić information content (AvgIpc) is 1.95. The second kappa shape index (κ2) is 5.49. The molecule has 0 radical (unpaired) electrons. The van der Waals surface area contributed by atoms with E-state index in [0.717, 1.165) is 10.8 Å². The zero-order chi connectivity index (χ0) is 7.40. The lowest BCUT2D eigenvalue weighted by Gasteiger charge is -1.94. The van der Waals surface area contributed by atoms with Gasteiger partial charge in [0.1, 0.15) is 5.82 Å². The Bertz CT molecular complexity index is 198. The second-order valence-corrected chi connectivity index (χ2v) is 3.14. The molecule has 0 unspecified atom stereocenters. The second-order valence-electron chi connectivity index (χ2n) is 2.07. The summed E-state index contributed by atoms with van der Waals surface area (Å²) in [5.41, 5.74) is 1.20. The van der Waals surface area contributed by atoms with Crippen LogP contribution >= 0.6 is 22.6 Å². The molecule has 0 amide bonds. The SMILES string of the molecule is Fc1ccc(CCI)cc1.N. The first kappa shape index (κ1) is 10.8. The van der Waals surface area contributed by atoms with Crippen LogP contribution in [0.4, 0.5) is 4.39 Å². The van der Waals surface area contributed by atoms with E-state index in [4.69, 9.17) is 0 Å². The van der Waals surface area contributed by atoms with Gasteiger partial charge in [0.25, 0.3) is 0 Å². The molecule has 0 aromatic heterocycles. The molecule has 0 aliphatic rings. The summed E-state index contributed by atoms with van der Waals surface area (Å²) in [6.07, 6.45) is 1.03. The molecular weight excluding hydrogens is 256 g/mol. The van der Waals surface area contributed by atoms with Crippen molar-refractivity contribution in [3.63, 3.8) is 0 Å². The van der Waals surface area contributed by atoms with Crippen LogP contribution in [0.2, 0.25) is 0 Å². The molecule has 0 aliphatic carbocycles. The van der Waals surface area contributed by atoms with Gasteiger partial charge in [0.2, 0.25) is 0 Å². The van der Waals surface area contributed by atoms with E-state index >= 15 is 0 Å². The van der Waals surface area contributed by atoms with E-state index in [-0.39, 0.29) is 12.0 Å². The number of aryl methyl sites for hydroxylation is 1. The van der Waals surface area contributed by atoms with Crippen molar-refractivity contribution in [2.75, 3.05) is 4.43 Å². The smallest absolute Gasteiger partial charge is 0.123 e. The average molecular weight is 267 g/mol. The number of hydrogen-bond donors (Lipinski definition) is 1. The van der Waals surface area contributed by atoms with Gasteiger partial charge in [0, 0.05) is 4.43 Å². The van der Waals surface area contributed by atoms with Crippen LogP contribution in [0.1, 0.15) is 5.56 Å². The van der Waals surface area contributed by atoms with Crippen molar-refractivity contribution in [2.45, 2.75) is 6.42 Å². The van der Waals surface area contributed by atoms with Crippen LogP contribution < -0.4 is 6.15 Å². The lowest BCUT2D eigenvalue weighted by Crippen LogP contribution is -1.84. The van der Waals surface area contributed by atoms with Crippen molar-refractivity contribution >= 4 is 22.6 Å². The highest BCUT2D eigenvalue weighted by molar-refractivity contribution is 14.1. The molecule has 0 saturated carbocycles. The van der Waals surface area contributed by atoms with Gasteiger partial charge in [-0.1, -0.05) is 34.7 Å². The zero-order valence-corrected chi connectivity index (χ0v) is 8.34. The molecule has 62 valence electrons. The molecular formula is C8H11FIN. The van der Waals surface area contributed by atoms with Gasteiger partial charge in [0.05, 0.1) is 0 Å². The van der Waals surface area contributed by atoms with Crippen LogP contribution in [0.3, 0.4) is 0 Å². The van der Waals surface area contributed by atoms with Crippen LogP contribution in [-0.4, -0.2) is 4.43 Å². The maximum Gasteiger partial charge on any atom is 0.123 e. The Kier molecular flexibility index (Phi) is 5.41. The van der Waals surface area contributed by atoms with E-state index in [1.807, 2.05) is 12.1 Å². The summed E-state index contributed by atoms with van der Waals surface area (Å²) in [5, 5.41) is 0. The lowest BCUT2D eigenvalue weighted by molar-refractivity contribution is 0.627. The number of halogens is 2. The number of hydrogen-bond acceptors (Lipinski definition) is 1. The Morgan fingerprint density at radius 3 is 2.18 bits per heavy atom. The Morgan fingerprint density at radius 1 is 1.18 bits per heavy atom. The highest BCUT2D eigenvalue weighted by Gasteiger charge is 1.90. The van der Waals surface area contributed by atoms with Crippen LogP contribution in [0.25, 0.3) is 0 Å². The predicted octanol–water partition coefficient (Wildman–Crippen LogP) is 2.97. The van der Waals surface area contributed by atoms with Gasteiger partial charge in [0.15, 0.2) is 0 Å². The molecule has 0 fully saturated rings. The van der Waals surface area contributed by atoms with E-state index in [2.05, 4.69) is 22.6 Å². The summed E-state index contributed by atoms with van der Waals surface area (Å²) >= 11 is 2.31. The third-order valence-corrected chi connectivity index (χ3v) is 1.84. The summed E-state index contributed by atoms with van der Waals surface area (Å²) < 4.78 is 13.4. The lowest BCUT2D eigenvalue weighted by atomic mass is 10.2. The molecule has 1 nitrogen and oxygen atoms in total. The van der Waals surface area contributed by atoms with Crippen LogP contribution in [0, 0.1) is 5.82 Å². The highest BCUT2D eigenvalue weighted by Crippen LogP contribution is 2.04. The molecule has 1 rings (SSSR count).